The fourth-order valence-corrected chi connectivity index (χ4v) is 2.70. The first-order chi connectivity index (χ1) is 10.5. The van der Waals surface area contributed by atoms with Crippen molar-refractivity contribution in [2.75, 3.05) is 12.8 Å². The van der Waals surface area contributed by atoms with Crippen molar-refractivity contribution < 1.29 is 9.63 Å². The van der Waals surface area contributed by atoms with Crippen LogP contribution in [0, 0.1) is 0 Å². The average molecular weight is 336 g/mol. The monoisotopic (exact) mass is 335 g/mol. The summed E-state index contributed by atoms with van der Waals surface area (Å²) in [5.74, 6) is -0.112. The van der Waals surface area contributed by atoms with Gasteiger partial charge >= 0.3 is 0 Å². The number of benzene rings is 2. The Bertz CT molecular complexity index is 788. The van der Waals surface area contributed by atoms with Gasteiger partial charge in [0.05, 0.1) is 34.0 Å². The zero-order valence-corrected chi connectivity index (χ0v) is 13.0. The lowest BCUT2D eigenvalue weighted by atomic mass is 10.1. The molecule has 5 nitrogen and oxygen atoms in total. The van der Waals surface area contributed by atoms with Gasteiger partial charge in [-0.15, -0.1) is 0 Å². The van der Waals surface area contributed by atoms with Crippen molar-refractivity contribution in [2.24, 2.45) is 4.99 Å². The van der Waals surface area contributed by atoms with Crippen LogP contribution in [0.1, 0.15) is 15.9 Å². The van der Waals surface area contributed by atoms with Crippen molar-refractivity contribution >= 4 is 46.3 Å². The number of nitrogens with two attached hydrogens (primary N) is 1. The van der Waals surface area contributed by atoms with Gasteiger partial charge in [-0.05, 0) is 36.4 Å². The Kier molecular flexibility index (Phi) is 3.78. The Hall–Kier alpha value is -2.08. The molecule has 0 saturated heterocycles. The van der Waals surface area contributed by atoms with Crippen LogP contribution in [0.25, 0.3) is 0 Å². The number of aliphatic imine (C=N–C) groups is 1. The fourth-order valence-electron chi connectivity index (χ4n) is 2.22. The molecule has 2 aromatic carbocycles. The van der Waals surface area contributed by atoms with Gasteiger partial charge in [0.15, 0.2) is 5.84 Å². The second kappa shape index (κ2) is 5.61. The van der Waals surface area contributed by atoms with Gasteiger partial charge in [-0.1, -0.05) is 23.2 Å². The summed E-state index contributed by atoms with van der Waals surface area (Å²) in [4.78, 5) is 22.0. The number of rotatable bonds is 2. The van der Waals surface area contributed by atoms with Gasteiger partial charge in [-0.2, -0.15) is 5.06 Å². The zero-order valence-electron chi connectivity index (χ0n) is 11.5. The maximum absolute atomic E-state index is 12.4. The summed E-state index contributed by atoms with van der Waals surface area (Å²) in [5.41, 5.74) is 7.63. The number of amidine groups is 1. The second-order valence-electron chi connectivity index (χ2n) is 4.59. The molecule has 112 valence electrons. The minimum absolute atomic E-state index is 0.283. The number of anilines is 1. The molecule has 0 aromatic heterocycles. The molecule has 0 atom stereocenters. The number of carbonyl (C=O) groups is 1. The van der Waals surface area contributed by atoms with Crippen LogP contribution in [-0.2, 0) is 4.84 Å². The summed E-state index contributed by atoms with van der Waals surface area (Å²) in [6, 6.07) is 10.1. The topological polar surface area (TPSA) is 67.9 Å². The number of nitrogen functional groups attached to an aromatic ring is 1. The number of hydroxylamine groups is 2. The van der Waals surface area contributed by atoms with E-state index in [1.165, 1.54) is 7.11 Å². The van der Waals surface area contributed by atoms with Crippen molar-refractivity contribution in [3.05, 3.63) is 57.6 Å². The second-order valence-corrected chi connectivity index (χ2v) is 5.40. The van der Waals surface area contributed by atoms with E-state index in [-0.39, 0.29) is 5.56 Å². The molecule has 2 aromatic rings. The summed E-state index contributed by atoms with van der Waals surface area (Å²) < 4.78 is 0. The summed E-state index contributed by atoms with van der Waals surface area (Å²) in [6.07, 6.45) is 0. The number of carbonyl (C=O) groups excluding carboxylic acids is 1. The maximum Gasteiger partial charge on any atom is 0.286 e. The third kappa shape index (κ3) is 2.33. The predicted molar refractivity (Wildman–Crippen MR) is 86.7 cm³/mol. The van der Waals surface area contributed by atoms with Crippen LogP contribution in [0.5, 0.6) is 0 Å². The molecule has 0 unspecified atom stereocenters. The summed E-state index contributed by atoms with van der Waals surface area (Å²) in [6.45, 7) is 0. The Labute approximate surface area is 136 Å². The lowest BCUT2D eigenvalue weighted by Gasteiger charge is -2.13. The van der Waals surface area contributed by atoms with E-state index >= 15 is 0 Å². The number of hydrogen-bond acceptors (Lipinski definition) is 4. The van der Waals surface area contributed by atoms with Gasteiger partial charge < -0.3 is 5.73 Å². The number of fused-ring (bicyclic) bond motifs is 1. The smallest absolute Gasteiger partial charge is 0.286 e. The first-order valence-corrected chi connectivity index (χ1v) is 7.09. The molecule has 7 heteroatoms. The molecule has 1 heterocycles. The molecule has 0 bridgehead atoms. The van der Waals surface area contributed by atoms with Crippen LogP contribution in [0.4, 0.5) is 11.4 Å². The molecule has 0 fully saturated rings. The Morgan fingerprint density at radius 3 is 2.23 bits per heavy atom. The van der Waals surface area contributed by atoms with Gasteiger partial charge in [-0.3, -0.25) is 9.63 Å². The van der Waals surface area contributed by atoms with Crippen LogP contribution in [0.15, 0.2) is 41.4 Å². The van der Waals surface area contributed by atoms with Crippen molar-refractivity contribution in [2.45, 2.75) is 0 Å². The fraction of sp³-hybridized carbons (Fsp3) is 0.0667. The molecule has 1 aliphatic heterocycles. The zero-order chi connectivity index (χ0) is 15.9. The first-order valence-electron chi connectivity index (χ1n) is 6.34. The van der Waals surface area contributed by atoms with Crippen molar-refractivity contribution in [1.82, 2.24) is 5.06 Å². The van der Waals surface area contributed by atoms with E-state index in [9.17, 15) is 4.79 Å². The molecule has 0 spiro atoms. The molecule has 1 amide bonds. The Balaban J connectivity index is 2.21. The molecule has 1 aliphatic rings. The van der Waals surface area contributed by atoms with Crippen molar-refractivity contribution in [3.8, 4) is 0 Å². The molecule has 0 aliphatic carbocycles. The normalized spacial score (nSPS) is 15.5. The van der Waals surface area contributed by atoms with Crippen LogP contribution in [0.3, 0.4) is 0 Å². The van der Waals surface area contributed by atoms with Crippen LogP contribution in [-0.4, -0.2) is 23.9 Å². The molecule has 22 heavy (non-hydrogen) atoms. The average Bonchev–Trinajstić information content (AvgIpc) is 2.79. The number of amides is 1. The molecular formula is C15H11Cl2N3O2. The first kappa shape index (κ1) is 14.8. The van der Waals surface area contributed by atoms with E-state index in [1.54, 1.807) is 36.4 Å². The quantitative estimate of drug-likeness (QED) is 0.851. The van der Waals surface area contributed by atoms with Gasteiger partial charge in [-0.25, -0.2) is 4.99 Å². The third-order valence-electron chi connectivity index (χ3n) is 3.23. The minimum Gasteiger partial charge on any atom is -0.399 e. The van der Waals surface area contributed by atoms with E-state index in [2.05, 4.69) is 4.99 Å². The molecular weight excluding hydrogens is 325 g/mol. The summed E-state index contributed by atoms with van der Waals surface area (Å²) >= 11 is 12.3. The van der Waals surface area contributed by atoms with E-state index in [1.807, 2.05) is 0 Å². The SMILES string of the molecule is CON1C(=O)c2c(Cl)ccc(Cl)c2C1=Nc1ccc(N)cc1. The van der Waals surface area contributed by atoms with Crippen molar-refractivity contribution in [1.29, 1.82) is 0 Å². The van der Waals surface area contributed by atoms with Gasteiger partial charge in [0.2, 0.25) is 0 Å². The number of halogens is 2. The van der Waals surface area contributed by atoms with Gasteiger partial charge in [0, 0.05) is 5.69 Å². The van der Waals surface area contributed by atoms with Crippen LogP contribution < -0.4 is 5.73 Å². The summed E-state index contributed by atoms with van der Waals surface area (Å²) in [7, 11) is 1.38. The Morgan fingerprint density at radius 2 is 1.64 bits per heavy atom. The highest BCUT2D eigenvalue weighted by Gasteiger charge is 2.38. The van der Waals surface area contributed by atoms with E-state index in [4.69, 9.17) is 33.8 Å². The van der Waals surface area contributed by atoms with Crippen molar-refractivity contribution in [3.63, 3.8) is 0 Å². The minimum atomic E-state index is -0.404. The molecule has 0 radical (unpaired) electrons. The maximum atomic E-state index is 12.4. The van der Waals surface area contributed by atoms with Gasteiger partial charge in [0.1, 0.15) is 0 Å². The number of hydrogen-bond donors (Lipinski definition) is 1. The van der Waals surface area contributed by atoms with E-state index in [0.29, 0.717) is 32.8 Å². The largest absolute Gasteiger partial charge is 0.399 e. The lowest BCUT2D eigenvalue weighted by molar-refractivity contribution is -0.0370. The molecule has 3 rings (SSSR count). The third-order valence-corrected chi connectivity index (χ3v) is 3.86. The summed E-state index contributed by atoms with van der Waals surface area (Å²) in [5, 5.41) is 1.74. The molecule has 2 N–H and O–H groups in total. The van der Waals surface area contributed by atoms with E-state index < -0.39 is 5.91 Å². The van der Waals surface area contributed by atoms with E-state index in [0.717, 1.165) is 5.06 Å². The van der Waals surface area contributed by atoms with Crippen LogP contribution >= 0.6 is 23.2 Å². The number of nitrogens with zero attached hydrogens (tertiary/aromatic N) is 2. The van der Waals surface area contributed by atoms with Gasteiger partial charge in [0.25, 0.3) is 5.91 Å². The Morgan fingerprint density at radius 1 is 1.05 bits per heavy atom. The highest BCUT2D eigenvalue weighted by molar-refractivity contribution is 6.42. The predicted octanol–water partition coefficient (Wildman–Crippen LogP) is 3.67. The highest BCUT2D eigenvalue weighted by atomic mass is 35.5. The lowest BCUT2D eigenvalue weighted by Crippen LogP contribution is -2.29. The molecule has 0 saturated carbocycles. The standard InChI is InChI=1S/C15H11Cl2N3O2/c1-22-20-14(19-9-4-2-8(18)3-5-9)12-10(16)6-7-11(17)13(12)15(20)21/h2-7H,18H2,1H3. The van der Waals surface area contributed by atoms with Crippen LogP contribution in [0.2, 0.25) is 10.0 Å². The highest BCUT2D eigenvalue weighted by Crippen LogP contribution is 2.35.